The molecule has 0 aliphatic heterocycles. The SMILES string of the molecule is c1ccc(-c2nc(-c3ccc(-n4c5ccccc5c5cc6ccccc6cc54)c(-c4cc5ccccc5c5oc6ccccc6c45)c3)nc(-c3ccc4ccccc4c3)n2)cc1. The minimum atomic E-state index is 0.595. The summed E-state index contributed by atoms with van der Waals surface area (Å²) in [6, 6.07) is 72.9. The maximum absolute atomic E-state index is 6.78. The first kappa shape index (κ1) is 34.5. The molecule has 10 aromatic carbocycles. The molecule has 3 heterocycles. The number of para-hydroxylation sites is 2. The lowest BCUT2D eigenvalue weighted by molar-refractivity contribution is 0.673. The molecule has 0 saturated carbocycles. The van der Waals surface area contributed by atoms with Crippen molar-refractivity contribution in [3.8, 4) is 51.0 Å². The number of fused-ring (bicyclic) bond motifs is 10. The lowest BCUT2D eigenvalue weighted by atomic mass is 9.93. The van der Waals surface area contributed by atoms with Gasteiger partial charge in [-0.3, -0.25) is 0 Å². The topological polar surface area (TPSA) is 56.7 Å². The zero-order valence-corrected chi connectivity index (χ0v) is 33.3. The van der Waals surface area contributed by atoms with Gasteiger partial charge < -0.3 is 8.98 Å². The molecule has 0 N–H and O–H groups in total. The third-order valence-electron chi connectivity index (χ3n) is 12.4. The molecule has 0 amide bonds. The molecule has 5 nitrogen and oxygen atoms in total. The lowest BCUT2D eigenvalue weighted by Gasteiger charge is -2.18. The first-order valence-electron chi connectivity index (χ1n) is 20.9. The van der Waals surface area contributed by atoms with Crippen LogP contribution in [-0.2, 0) is 0 Å². The van der Waals surface area contributed by atoms with E-state index in [9.17, 15) is 0 Å². The average molecular weight is 791 g/mol. The van der Waals surface area contributed by atoms with Crippen molar-refractivity contribution in [2.24, 2.45) is 0 Å². The first-order valence-corrected chi connectivity index (χ1v) is 20.9. The van der Waals surface area contributed by atoms with Gasteiger partial charge in [-0.2, -0.15) is 0 Å². The number of hydrogen-bond donors (Lipinski definition) is 0. The third-order valence-corrected chi connectivity index (χ3v) is 12.4. The zero-order chi connectivity index (χ0) is 40.7. The monoisotopic (exact) mass is 790 g/mol. The van der Waals surface area contributed by atoms with E-state index in [2.05, 4.69) is 187 Å². The van der Waals surface area contributed by atoms with Crippen molar-refractivity contribution in [2.75, 3.05) is 0 Å². The molecule has 13 aromatic rings. The molecule has 0 unspecified atom stereocenters. The van der Waals surface area contributed by atoms with Crippen LogP contribution < -0.4 is 0 Å². The summed E-state index contributed by atoms with van der Waals surface area (Å²) in [5, 5.41) is 11.4. The van der Waals surface area contributed by atoms with E-state index in [-0.39, 0.29) is 0 Å². The highest BCUT2D eigenvalue weighted by atomic mass is 16.3. The maximum atomic E-state index is 6.78. The Morgan fingerprint density at radius 2 is 0.919 bits per heavy atom. The molecule has 0 fully saturated rings. The number of furan rings is 1. The van der Waals surface area contributed by atoms with Gasteiger partial charge in [-0.15, -0.1) is 0 Å². The van der Waals surface area contributed by atoms with Crippen molar-refractivity contribution in [1.29, 1.82) is 0 Å². The van der Waals surface area contributed by atoms with Gasteiger partial charge in [-0.1, -0.05) is 152 Å². The minimum absolute atomic E-state index is 0.595. The van der Waals surface area contributed by atoms with Crippen LogP contribution >= 0.6 is 0 Å². The van der Waals surface area contributed by atoms with E-state index >= 15 is 0 Å². The Balaban J connectivity index is 1.14. The van der Waals surface area contributed by atoms with Gasteiger partial charge in [0.2, 0.25) is 0 Å². The maximum Gasteiger partial charge on any atom is 0.164 e. The van der Waals surface area contributed by atoms with Gasteiger partial charge >= 0.3 is 0 Å². The molecule has 0 radical (unpaired) electrons. The number of benzene rings is 10. The molecule has 0 aliphatic rings. The molecule has 0 atom stereocenters. The van der Waals surface area contributed by atoms with E-state index < -0.39 is 0 Å². The second-order valence-electron chi connectivity index (χ2n) is 16.0. The summed E-state index contributed by atoms with van der Waals surface area (Å²) in [5.74, 6) is 1.83. The molecule has 3 aromatic heterocycles. The van der Waals surface area contributed by atoms with Crippen LogP contribution in [-0.4, -0.2) is 19.5 Å². The Kier molecular flexibility index (Phi) is 7.54. The van der Waals surface area contributed by atoms with Crippen molar-refractivity contribution in [3.63, 3.8) is 0 Å². The quantitative estimate of drug-likeness (QED) is 0.174. The summed E-state index contributed by atoms with van der Waals surface area (Å²) in [7, 11) is 0. The largest absolute Gasteiger partial charge is 0.455 e. The van der Waals surface area contributed by atoms with Crippen molar-refractivity contribution >= 4 is 76.1 Å². The Labute approximate surface area is 355 Å². The van der Waals surface area contributed by atoms with Crippen molar-refractivity contribution in [3.05, 3.63) is 206 Å². The van der Waals surface area contributed by atoms with Crippen molar-refractivity contribution in [1.82, 2.24) is 19.5 Å². The molecule has 13 rings (SSSR count). The van der Waals surface area contributed by atoms with Crippen molar-refractivity contribution in [2.45, 2.75) is 0 Å². The molecular formula is C57H34N4O. The van der Waals surface area contributed by atoms with E-state index in [0.29, 0.717) is 17.5 Å². The predicted molar refractivity (Wildman–Crippen MR) is 256 cm³/mol. The second-order valence-corrected chi connectivity index (χ2v) is 16.0. The Morgan fingerprint density at radius 1 is 0.339 bits per heavy atom. The van der Waals surface area contributed by atoms with Crippen LogP contribution in [0.25, 0.3) is 127 Å². The van der Waals surface area contributed by atoms with E-state index in [1.165, 1.54) is 26.9 Å². The Hall–Kier alpha value is -8.41. The average Bonchev–Trinajstić information content (AvgIpc) is 3.89. The summed E-state index contributed by atoms with van der Waals surface area (Å²) in [6.07, 6.45) is 0. The van der Waals surface area contributed by atoms with Gasteiger partial charge in [0.25, 0.3) is 0 Å². The highest BCUT2D eigenvalue weighted by Gasteiger charge is 2.23. The Bertz CT molecular complexity index is 3940. The van der Waals surface area contributed by atoms with Crippen LogP contribution in [0.15, 0.2) is 211 Å². The Morgan fingerprint density at radius 3 is 1.71 bits per heavy atom. The van der Waals surface area contributed by atoms with Crippen LogP contribution in [0.4, 0.5) is 0 Å². The van der Waals surface area contributed by atoms with Crippen LogP contribution in [0.5, 0.6) is 0 Å². The third kappa shape index (κ3) is 5.38. The summed E-state index contributed by atoms with van der Waals surface area (Å²) in [4.78, 5) is 15.6. The van der Waals surface area contributed by atoms with Crippen LogP contribution in [0.1, 0.15) is 0 Å². The highest BCUT2D eigenvalue weighted by molar-refractivity contribution is 6.22. The first-order chi connectivity index (χ1) is 30.7. The summed E-state index contributed by atoms with van der Waals surface area (Å²) in [5.41, 5.74) is 9.88. The van der Waals surface area contributed by atoms with Crippen molar-refractivity contribution < 1.29 is 4.42 Å². The van der Waals surface area contributed by atoms with Crippen LogP contribution in [0.2, 0.25) is 0 Å². The van der Waals surface area contributed by atoms with Gasteiger partial charge in [-0.25, -0.2) is 15.0 Å². The highest BCUT2D eigenvalue weighted by Crippen LogP contribution is 2.45. The number of rotatable bonds is 5. The molecule has 0 aliphatic carbocycles. The van der Waals surface area contributed by atoms with Gasteiger partial charge in [0, 0.05) is 49.2 Å². The smallest absolute Gasteiger partial charge is 0.164 e. The number of aromatic nitrogens is 4. The fourth-order valence-electron chi connectivity index (χ4n) is 9.45. The summed E-state index contributed by atoms with van der Waals surface area (Å²) >= 11 is 0. The van der Waals surface area contributed by atoms with E-state index in [0.717, 1.165) is 82.6 Å². The lowest BCUT2D eigenvalue weighted by Crippen LogP contribution is -2.02. The van der Waals surface area contributed by atoms with Crippen LogP contribution in [0.3, 0.4) is 0 Å². The molecular weight excluding hydrogens is 757 g/mol. The van der Waals surface area contributed by atoms with E-state index in [4.69, 9.17) is 19.4 Å². The van der Waals surface area contributed by atoms with Crippen LogP contribution in [0, 0.1) is 0 Å². The standard InChI is InChI=1S/C57H34N4O/c1-2-15-36(16-3-1)55-58-56(41-27-26-35-14-4-5-17-37(35)30-41)60-57(59-55)42-28-29-50(61-49-24-12-10-22-44(49)46-31-38-18-6-7-19-39(38)34-51(46)61)47(33-42)48-32-40-20-8-9-21-43(40)54-53(48)45-23-11-13-25-52(45)62-54/h1-34H. The normalized spacial score (nSPS) is 11.9. The number of nitrogens with zero attached hydrogens (tertiary/aromatic N) is 4. The molecule has 62 heavy (non-hydrogen) atoms. The summed E-state index contributed by atoms with van der Waals surface area (Å²) < 4.78 is 9.22. The molecule has 0 spiro atoms. The van der Waals surface area contributed by atoms with Gasteiger partial charge in [0.15, 0.2) is 17.5 Å². The fraction of sp³-hybridized carbons (Fsp3) is 0. The van der Waals surface area contributed by atoms with Gasteiger partial charge in [-0.05, 0) is 87.1 Å². The van der Waals surface area contributed by atoms with Gasteiger partial charge in [0.05, 0.1) is 16.7 Å². The molecule has 5 heteroatoms. The summed E-state index contributed by atoms with van der Waals surface area (Å²) in [6.45, 7) is 0. The number of hydrogen-bond acceptors (Lipinski definition) is 4. The van der Waals surface area contributed by atoms with Gasteiger partial charge in [0.1, 0.15) is 11.2 Å². The van der Waals surface area contributed by atoms with E-state index in [1.54, 1.807) is 0 Å². The molecule has 0 saturated heterocycles. The fourth-order valence-corrected chi connectivity index (χ4v) is 9.45. The second kappa shape index (κ2) is 13.6. The predicted octanol–water partition coefficient (Wildman–Crippen LogP) is 15.0. The molecule has 0 bridgehead atoms. The van der Waals surface area contributed by atoms with E-state index in [1.807, 2.05) is 24.3 Å². The molecule has 288 valence electrons. The minimum Gasteiger partial charge on any atom is -0.455 e. The zero-order valence-electron chi connectivity index (χ0n) is 33.3.